The number of nitrogens with one attached hydrogen (secondary N) is 1. The van der Waals surface area contributed by atoms with Crippen molar-refractivity contribution in [1.82, 2.24) is 14.9 Å². The van der Waals surface area contributed by atoms with E-state index in [1.54, 1.807) is 30.7 Å². The van der Waals surface area contributed by atoms with E-state index in [-0.39, 0.29) is 11.5 Å². The molecular weight excluding hydrogens is 354 g/mol. The molecule has 7 heteroatoms. The molecule has 1 amide bonds. The van der Waals surface area contributed by atoms with Crippen LogP contribution in [0.4, 0.5) is 5.69 Å². The molecule has 150 valence electrons. The summed E-state index contributed by atoms with van der Waals surface area (Å²) in [7, 11) is 1.90. The van der Waals surface area contributed by atoms with E-state index in [9.17, 15) is 9.59 Å². The van der Waals surface area contributed by atoms with Gasteiger partial charge in [-0.25, -0.2) is 0 Å². The maximum absolute atomic E-state index is 11.7. The SMILES string of the molecule is CCN(C)c1cc(-c2ccncc2)c[nH]c1=O.NC/C=C/C(=O)N1CCCC1. The summed E-state index contributed by atoms with van der Waals surface area (Å²) in [5.41, 5.74) is 7.87. The van der Waals surface area contributed by atoms with Crippen molar-refractivity contribution < 1.29 is 4.79 Å². The molecule has 3 heterocycles. The van der Waals surface area contributed by atoms with Crippen molar-refractivity contribution in [3.8, 4) is 11.1 Å². The van der Waals surface area contributed by atoms with Crippen LogP contribution in [0.1, 0.15) is 19.8 Å². The third kappa shape index (κ3) is 6.06. The predicted molar refractivity (Wildman–Crippen MR) is 113 cm³/mol. The zero-order chi connectivity index (χ0) is 20.4. The Morgan fingerprint density at radius 3 is 2.57 bits per heavy atom. The van der Waals surface area contributed by atoms with Crippen molar-refractivity contribution in [2.75, 3.05) is 38.1 Å². The molecule has 0 aliphatic carbocycles. The van der Waals surface area contributed by atoms with E-state index >= 15 is 0 Å². The third-order valence-electron chi connectivity index (χ3n) is 4.60. The Bertz CT molecular complexity index is 826. The number of pyridine rings is 2. The summed E-state index contributed by atoms with van der Waals surface area (Å²) < 4.78 is 0. The third-order valence-corrected chi connectivity index (χ3v) is 4.60. The van der Waals surface area contributed by atoms with Crippen LogP contribution in [0, 0.1) is 0 Å². The van der Waals surface area contributed by atoms with E-state index < -0.39 is 0 Å². The molecule has 1 saturated heterocycles. The average molecular weight is 383 g/mol. The molecule has 0 radical (unpaired) electrons. The number of nitrogens with zero attached hydrogens (tertiary/aromatic N) is 3. The fraction of sp³-hybridized carbons (Fsp3) is 0.381. The Morgan fingerprint density at radius 1 is 1.29 bits per heavy atom. The lowest BCUT2D eigenvalue weighted by Crippen LogP contribution is -2.25. The smallest absolute Gasteiger partial charge is 0.271 e. The highest BCUT2D eigenvalue weighted by atomic mass is 16.2. The molecule has 3 N–H and O–H groups in total. The van der Waals surface area contributed by atoms with Crippen molar-refractivity contribution in [2.45, 2.75) is 19.8 Å². The molecule has 1 aliphatic heterocycles. The van der Waals surface area contributed by atoms with Crippen LogP contribution in [0.25, 0.3) is 11.1 Å². The number of amides is 1. The minimum absolute atomic E-state index is 0.0628. The second-order valence-electron chi connectivity index (χ2n) is 6.52. The molecule has 1 aliphatic rings. The maximum atomic E-state index is 11.7. The van der Waals surface area contributed by atoms with Crippen LogP contribution >= 0.6 is 0 Å². The van der Waals surface area contributed by atoms with E-state index in [1.165, 1.54) is 0 Å². The highest BCUT2D eigenvalue weighted by molar-refractivity contribution is 5.87. The first kappa shape index (κ1) is 21.4. The van der Waals surface area contributed by atoms with Crippen molar-refractivity contribution in [1.29, 1.82) is 0 Å². The van der Waals surface area contributed by atoms with Crippen molar-refractivity contribution in [3.05, 3.63) is 59.3 Å². The van der Waals surface area contributed by atoms with Gasteiger partial charge in [0.2, 0.25) is 5.91 Å². The molecule has 3 rings (SSSR count). The number of anilines is 1. The Hall–Kier alpha value is -2.93. The van der Waals surface area contributed by atoms with Crippen LogP contribution in [0.3, 0.4) is 0 Å². The molecule has 7 nitrogen and oxygen atoms in total. The molecule has 0 atom stereocenters. The molecule has 0 spiro atoms. The van der Waals surface area contributed by atoms with Crippen LogP contribution in [0.2, 0.25) is 0 Å². The highest BCUT2D eigenvalue weighted by Gasteiger charge is 2.14. The maximum Gasteiger partial charge on any atom is 0.271 e. The summed E-state index contributed by atoms with van der Waals surface area (Å²) in [5.74, 6) is 0.105. The summed E-state index contributed by atoms with van der Waals surface area (Å²) in [6.45, 7) is 5.07. The monoisotopic (exact) mass is 383 g/mol. The molecule has 0 saturated carbocycles. The van der Waals surface area contributed by atoms with Gasteiger partial charge in [-0.05, 0) is 43.5 Å². The quantitative estimate of drug-likeness (QED) is 0.770. The summed E-state index contributed by atoms with van der Waals surface area (Å²) >= 11 is 0. The van der Waals surface area contributed by atoms with Crippen LogP contribution in [0.15, 0.2) is 53.7 Å². The zero-order valence-corrected chi connectivity index (χ0v) is 16.6. The van der Waals surface area contributed by atoms with Gasteiger partial charge in [0, 0.05) is 63.5 Å². The van der Waals surface area contributed by atoms with Gasteiger partial charge < -0.3 is 20.5 Å². The van der Waals surface area contributed by atoms with Gasteiger partial charge in [-0.15, -0.1) is 0 Å². The molecular formula is C21H29N5O2. The Kier molecular flexibility index (Phi) is 8.42. The van der Waals surface area contributed by atoms with E-state index in [4.69, 9.17) is 5.73 Å². The standard InChI is InChI=1S/C13H15N3O.C8H14N2O/c1-3-16(2)12-8-11(9-15-13(12)17)10-4-6-14-7-5-10;9-5-3-4-8(11)10-6-1-2-7-10/h4-9H,3H2,1-2H3,(H,15,17);3-4H,1-2,5-7,9H2/b;4-3+. The van der Waals surface area contributed by atoms with Crippen LogP contribution in [0.5, 0.6) is 0 Å². The average Bonchev–Trinajstić information content (AvgIpc) is 3.28. The normalized spacial score (nSPS) is 13.3. The minimum atomic E-state index is -0.0628. The first-order chi connectivity index (χ1) is 13.6. The van der Waals surface area contributed by atoms with Gasteiger partial charge in [0.1, 0.15) is 5.69 Å². The zero-order valence-electron chi connectivity index (χ0n) is 16.6. The summed E-state index contributed by atoms with van der Waals surface area (Å²) in [4.78, 5) is 33.4. The largest absolute Gasteiger partial charge is 0.370 e. The van der Waals surface area contributed by atoms with Crippen molar-refractivity contribution in [3.63, 3.8) is 0 Å². The van der Waals surface area contributed by atoms with Crippen LogP contribution in [-0.4, -0.2) is 54.0 Å². The second-order valence-corrected chi connectivity index (χ2v) is 6.52. The van der Waals surface area contributed by atoms with Crippen molar-refractivity contribution >= 4 is 11.6 Å². The number of rotatable bonds is 5. The van der Waals surface area contributed by atoms with Crippen molar-refractivity contribution in [2.24, 2.45) is 5.73 Å². The van der Waals surface area contributed by atoms with Gasteiger partial charge >= 0.3 is 0 Å². The molecule has 28 heavy (non-hydrogen) atoms. The van der Waals surface area contributed by atoms with Gasteiger partial charge in [-0.3, -0.25) is 14.6 Å². The van der Waals surface area contributed by atoms with Crippen LogP contribution in [-0.2, 0) is 4.79 Å². The highest BCUT2D eigenvalue weighted by Crippen LogP contribution is 2.19. The lowest BCUT2D eigenvalue weighted by atomic mass is 10.1. The molecule has 1 fully saturated rings. The predicted octanol–water partition coefficient (Wildman–Crippen LogP) is 2.02. The number of hydrogen-bond acceptors (Lipinski definition) is 5. The Morgan fingerprint density at radius 2 is 1.96 bits per heavy atom. The minimum Gasteiger partial charge on any atom is -0.370 e. The van der Waals surface area contributed by atoms with Gasteiger partial charge in [0.25, 0.3) is 5.56 Å². The molecule has 2 aromatic rings. The molecule has 0 aromatic carbocycles. The number of carbonyl (C=O) groups is 1. The summed E-state index contributed by atoms with van der Waals surface area (Å²) in [5, 5.41) is 0. The second kappa shape index (κ2) is 11.0. The number of H-pyrrole nitrogens is 1. The van der Waals surface area contributed by atoms with Gasteiger partial charge in [-0.1, -0.05) is 6.08 Å². The number of nitrogens with two attached hydrogens (primary N) is 1. The molecule has 0 bridgehead atoms. The van der Waals surface area contributed by atoms with E-state index in [1.807, 2.05) is 42.0 Å². The Labute approximate surface area is 165 Å². The van der Waals surface area contributed by atoms with Gasteiger partial charge in [0.15, 0.2) is 0 Å². The topological polar surface area (TPSA) is 95.3 Å². The fourth-order valence-electron chi connectivity index (χ4n) is 2.85. The summed E-state index contributed by atoms with van der Waals surface area (Å²) in [6, 6.07) is 5.74. The first-order valence-corrected chi connectivity index (χ1v) is 9.56. The molecule has 2 aromatic heterocycles. The van der Waals surface area contributed by atoms with Crippen LogP contribution < -0.4 is 16.2 Å². The lowest BCUT2D eigenvalue weighted by molar-refractivity contribution is -0.125. The number of aromatic amines is 1. The Balaban J connectivity index is 0.000000221. The first-order valence-electron chi connectivity index (χ1n) is 9.56. The summed E-state index contributed by atoms with van der Waals surface area (Å²) in [6.07, 6.45) is 10.7. The van der Waals surface area contributed by atoms with E-state index in [0.29, 0.717) is 12.2 Å². The number of carbonyl (C=O) groups excluding carboxylic acids is 1. The lowest BCUT2D eigenvalue weighted by Gasteiger charge is -2.16. The number of hydrogen-bond donors (Lipinski definition) is 2. The molecule has 0 unspecified atom stereocenters. The number of aromatic nitrogens is 2. The van der Waals surface area contributed by atoms with Gasteiger partial charge in [0.05, 0.1) is 0 Å². The van der Waals surface area contributed by atoms with Gasteiger partial charge in [-0.2, -0.15) is 0 Å². The van der Waals surface area contributed by atoms with E-state index in [2.05, 4.69) is 9.97 Å². The van der Waals surface area contributed by atoms with E-state index in [0.717, 1.165) is 43.6 Å². The fourth-order valence-corrected chi connectivity index (χ4v) is 2.85. The number of likely N-dealkylation sites (tertiary alicyclic amines) is 1.